The zero-order valence-electron chi connectivity index (χ0n) is 13.2. The van der Waals surface area contributed by atoms with Crippen LogP contribution in [0.4, 0.5) is 0 Å². The summed E-state index contributed by atoms with van der Waals surface area (Å²) in [6.45, 7) is 6.65. The highest BCUT2D eigenvalue weighted by molar-refractivity contribution is 8.00. The lowest BCUT2D eigenvalue weighted by atomic mass is 9.78. The van der Waals surface area contributed by atoms with E-state index in [-0.39, 0.29) is 11.2 Å². The SMILES string of the molecule is CC(C)C(C)SC1CC(c2ccccc2)CCC1C(=O)O. The second-order valence-corrected chi connectivity index (χ2v) is 8.11. The largest absolute Gasteiger partial charge is 0.481 e. The molecule has 2 nitrogen and oxygen atoms in total. The molecule has 0 radical (unpaired) electrons. The van der Waals surface area contributed by atoms with Gasteiger partial charge in [-0.25, -0.2) is 0 Å². The monoisotopic (exact) mass is 306 g/mol. The Labute approximate surface area is 132 Å². The van der Waals surface area contributed by atoms with Crippen LogP contribution in [0, 0.1) is 11.8 Å². The number of benzene rings is 1. The number of hydrogen-bond acceptors (Lipinski definition) is 2. The van der Waals surface area contributed by atoms with Crippen LogP contribution >= 0.6 is 11.8 Å². The second kappa shape index (κ2) is 7.35. The molecule has 0 saturated heterocycles. The molecule has 0 heterocycles. The van der Waals surface area contributed by atoms with Gasteiger partial charge in [0.2, 0.25) is 0 Å². The third-order valence-corrected chi connectivity index (χ3v) is 6.55. The number of carbonyl (C=O) groups is 1. The molecule has 1 aromatic carbocycles. The number of carboxylic acid groups (broad SMARTS) is 1. The summed E-state index contributed by atoms with van der Waals surface area (Å²) < 4.78 is 0. The van der Waals surface area contributed by atoms with Gasteiger partial charge in [-0.15, -0.1) is 0 Å². The molecular weight excluding hydrogens is 280 g/mol. The Morgan fingerprint density at radius 2 is 1.86 bits per heavy atom. The van der Waals surface area contributed by atoms with Crippen molar-refractivity contribution < 1.29 is 9.90 Å². The lowest BCUT2D eigenvalue weighted by molar-refractivity contribution is -0.142. The quantitative estimate of drug-likeness (QED) is 0.849. The first-order valence-corrected chi connectivity index (χ1v) is 8.86. The number of hydrogen-bond donors (Lipinski definition) is 1. The summed E-state index contributed by atoms with van der Waals surface area (Å²) in [6, 6.07) is 10.6. The summed E-state index contributed by atoms with van der Waals surface area (Å²) in [7, 11) is 0. The number of aliphatic carboxylic acids is 1. The minimum atomic E-state index is -0.616. The number of carboxylic acids is 1. The standard InChI is InChI=1S/C18H26O2S/c1-12(2)13(3)21-17-11-15(9-10-16(17)18(19)20)14-7-5-4-6-8-14/h4-8,12-13,15-17H,9-11H2,1-3H3,(H,19,20). The van der Waals surface area contributed by atoms with E-state index in [0.29, 0.717) is 17.1 Å². The first kappa shape index (κ1) is 16.4. The lowest BCUT2D eigenvalue weighted by Gasteiger charge is -2.36. The fraction of sp³-hybridized carbons (Fsp3) is 0.611. The molecule has 21 heavy (non-hydrogen) atoms. The molecule has 1 fully saturated rings. The van der Waals surface area contributed by atoms with Crippen LogP contribution in [0.5, 0.6) is 0 Å². The Morgan fingerprint density at radius 3 is 2.43 bits per heavy atom. The van der Waals surface area contributed by atoms with Gasteiger partial charge in [0.15, 0.2) is 0 Å². The minimum Gasteiger partial charge on any atom is -0.481 e. The first-order chi connectivity index (χ1) is 9.99. The van der Waals surface area contributed by atoms with Gasteiger partial charge in [0.05, 0.1) is 5.92 Å². The number of rotatable bonds is 5. The molecule has 0 amide bonds. The zero-order valence-corrected chi connectivity index (χ0v) is 14.0. The maximum atomic E-state index is 11.5. The van der Waals surface area contributed by atoms with Crippen LogP contribution in [0.2, 0.25) is 0 Å². The topological polar surface area (TPSA) is 37.3 Å². The van der Waals surface area contributed by atoms with Gasteiger partial charge in [-0.05, 0) is 36.7 Å². The van der Waals surface area contributed by atoms with E-state index >= 15 is 0 Å². The van der Waals surface area contributed by atoms with Crippen LogP contribution < -0.4 is 0 Å². The van der Waals surface area contributed by atoms with Crippen LogP contribution in [0.25, 0.3) is 0 Å². The third-order valence-electron chi connectivity index (χ3n) is 4.71. The Bertz CT molecular complexity index is 458. The molecule has 0 bridgehead atoms. The highest BCUT2D eigenvalue weighted by Gasteiger charge is 2.36. The molecule has 1 saturated carbocycles. The average Bonchev–Trinajstić information content (AvgIpc) is 2.47. The van der Waals surface area contributed by atoms with Crippen molar-refractivity contribution in [2.24, 2.45) is 11.8 Å². The molecule has 3 heteroatoms. The number of thioether (sulfide) groups is 1. The smallest absolute Gasteiger partial charge is 0.307 e. The van der Waals surface area contributed by atoms with Crippen molar-refractivity contribution in [2.45, 2.75) is 56.5 Å². The third kappa shape index (κ3) is 4.26. The van der Waals surface area contributed by atoms with Crippen molar-refractivity contribution in [1.82, 2.24) is 0 Å². The predicted molar refractivity (Wildman–Crippen MR) is 89.8 cm³/mol. The predicted octanol–water partition coefficient (Wildman–Crippen LogP) is 4.80. The molecule has 1 N–H and O–H groups in total. The van der Waals surface area contributed by atoms with E-state index < -0.39 is 5.97 Å². The molecular formula is C18H26O2S. The van der Waals surface area contributed by atoms with Crippen molar-refractivity contribution in [3.63, 3.8) is 0 Å². The lowest BCUT2D eigenvalue weighted by Crippen LogP contribution is -2.33. The van der Waals surface area contributed by atoms with Gasteiger partial charge in [0.1, 0.15) is 0 Å². The highest BCUT2D eigenvalue weighted by Crippen LogP contribution is 2.43. The molecule has 116 valence electrons. The summed E-state index contributed by atoms with van der Waals surface area (Å²) in [6.07, 6.45) is 2.79. The van der Waals surface area contributed by atoms with Gasteiger partial charge in [-0.2, -0.15) is 11.8 Å². The molecule has 1 aliphatic rings. The Hall–Kier alpha value is -0.960. The van der Waals surface area contributed by atoms with Crippen LogP contribution in [0.15, 0.2) is 30.3 Å². The van der Waals surface area contributed by atoms with Crippen molar-refractivity contribution in [3.8, 4) is 0 Å². The summed E-state index contributed by atoms with van der Waals surface area (Å²) in [5, 5.41) is 10.2. The van der Waals surface area contributed by atoms with E-state index in [0.717, 1.165) is 19.3 Å². The second-order valence-electron chi connectivity index (χ2n) is 6.49. The summed E-state index contributed by atoms with van der Waals surface area (Å²) in [5.74, 6) is 0.298. The van der Waals surface area contributed by atoms with E-state index in [9.17, 15) is 9.90 Å². The van der Waals surface area contributed by atoms with E-state index in [1.165, 1.54) is 5.56 Å². The van der Waals surface area contributed by atoms with Crippen molar-refractivity contribution in [3.05, 3.63) is 35.9 Å². The molecule has 1 aromatic rings. The summed E-state index contributed by atoms with van der Waals surface area (Å²) in [5.41, 5.74) is 1.36. The maximum Gasteiger partial charge on any atom is 0.307 e. The van der Waals surface area contributed by atoms with E-state index in [1.54, 1.807) is 0 Å². The Kier molecular flexibility index (Phi) is 5.74. The molecule has 2 rings (SSSR count). The van der Waals surface area contributed by atoms with E-state index in [2.05, 4.69) is 45.0 Å². The first-order valence-electron chi connectivity index (χ1n) is 7.92. The summed E-state index contributed by atoms with van der Waals surface area (Å²) >= 11 is 1.88. The van der Waals surface area contributed by atoms with Crippen molar-refractivity contribution >= 4 is 17.7 Å². The van der Waals surface area contributed by atoms with Gasteiger partial charge in [0, 0.05) is 10.5 Å². The highest BCUT2D eigenvalue weighted by atomic mass is 32.2. The van der Waals surface area contributed by atoms with Gasteiger partial charge in [0.25, 0.3) is 0 Å². The Balaban J connectivity index is 2.10. The fourth-order valence-electron chi connectivity index (χ4n) is 3.02. The van der Waals surface area contributed by atoms with Crippen LogP contribution in [-0.2, 0) is 4.79 Å². The minimum absolute atomic E-state index is 0.184. The molecule has 4 unspecified atom stereocenters. The van der Waals surface area contributed by atoms with Crippen LogP contribution in [0.3, 0.4) is 0 Å². The normalized spacial score (nSPS) is 27.5. The van der Waals surface area contributed by atoms with E-state index in [4.69, 9.17) is 0 Å². The van der Waals surface area contributed by atoms with E-state index in [1.807, 2.05) is 17.8 Å². The van der Waals surface area contributed by atoms with Gasteiger partial charge in [-0.3, -0.25) is 4.79 Å². The van der Waals surface area contributed by atoms with Gasteiger partial charge >= 0.3 is 5.97 Å². The van der Waals surface area contributed by atoms with Crippen molar-refractivity contribution in [1.29, 1.82) is 0 Å². The van der Waals surface area contributed by atoms with Gasteiger partial charge < -0.3 is 5.11 Å². The molecule has 1 aliphatic carbocycles. The molecule has 4 atom stereocenters. The molecule has 0 aromatic heterocycles. The molecule has 0 aliphatic heterocycles. The Morgan fingerprint density at radius 1 is 1.19 bits per heavy atom. The van der Waals surface area contributed by atoms with Crippen LogP contribution in [-0.4, -0.2) is 21.6 Å². The average molecular weight is 306 g/mol. The fourth-order valence-corrected chi connectivity index (χ4v) is 4.67. The zero-order chi connectivity index (χ0) is 15.4. The van der Waals surface area contributed by atoms with Crippen molar-refractivity contribution in [2.75, 3.05) is 0 Å². The molecule has 0 spiro atoms. The van der Waals surface area contributed by atoms with Crippen LogP contribution in [0.1, 0.15) is 51.5 Å². The van der Waals surface area contributed by atoms with Gasteiger partial charge in [-0.1, -0.05) is 51.1 Å². The summed E-state index contributed by atoms with van der Waals surface area (Å²) in [4.78, 5) is 11.5. The maximum absolute atomic E-state index is 11.5.